The van der Waals surface area contributed by atoms with Crippen LogP contribution in [-0.2, 0) is 22.2 Å². The molecule has 0 radical (unpaired) electrons. The molecule has 180 valence electrons. The van der Waals surface area contributed by atoms with E-state index in [9.17, 15) is 22.8 Å². The van der Waals surface area contributed by atoms with Crippen molar-refractivity contribution in [1.29, 1.82) is 0 Å². The van der Waals surface area contributed by atoms with E-state index in [0.717, 1.165) is 34.1 Å². The smallest absolute Gasteiger partial charge is 0.340 e. The van der Waals surface area contributed by atoms with E-state index < -0.39 is 17.6 Å². The average molecular weight is 491 g/mol. The largest absolute Gasteiger partial charge is 0.418 e. The molecule has 2 heterocycles. The second-order valence-corrected chi connectivity index (χ2v) is 9.29. The lowest BCUT2D eigenvalue weighted by molar-refractivity contribution is -0.137. The van der Waals surface area contributed by atoms with E-state index in [1.807, 2.05) is 29.2 Å². The summed E-state index contributed by atoms with van der Waals surface area (Å²) in [7, 11) is 0. The van der Waals surface area contributed by atoms with Gasteiger partial charge in [-0.1, -0.05) is 24.3 Å². The standard InChI is InChI=1S/C24H25F3N4O2S/c25-24(26,27)17-6-1-2-7-18(17)28-21(32)16-30-12-14-31(15-13-30)23(33)11-5-10-22-29-19-8-3-4-9-20(19)34-22/h1-4,6-9H,5,10-16H2,(H,28,32). The van der Waals surface area contributed by atoms with Gasteiger partial charge in [0.15, 0.2) is 0 Å². The van der Waals surface area contributed by atoms with Crippen LogP contribution in [0, 0.1) is 0 Å². The lowest BCUT2D eigenvalue weighted by atomic mass is 10.1. The molecule has 3 aromatic rings. The molecule has 2 aromatic carbocycles. The molecule has 0 unspecified atom stereocenters. The number of halogens is 3. The maximum Gasteiger partial charge on any atom is 0.418 e. The van der Waals surface area contributed by atoms with Gasteiger partial charge >= 0.3 is 6.18 Å². The van der Waals surface area contributed by atoms with Gasteiger partial charge in [-0.05, 0) is 37.1 Å². The van der Waals surface area contributed by atoms with Gasteiger partial charge in [-0.3, -0.25) is 14.5 Å². The van der Waals surface area contributed by atoms with Gasteiger partial charge in [-0.2, -0.15) is 13.2 Å². The number of thiazole rings is 1. The molecule has 1 N–H and O–H groups in total. The molecule has 1 aliphatic rings. The number of hydrogen-bond donors (Lipinski definition) is 1. The Bertz CT molecular complexity index is 1120. The molecule has 0 spiro atoms. The number of nitrogens with one attached hydrogen (secondary N) is 1. The number of rotatable bonds is 7. The zero-order valence-corrected chi connectivity index (χ0v) is 19.3. The van der Waals surface area contributed by atoms with Crippen molar-refractivity contribution in [2.45, 2.75) is 25.4 Å². The van der Waals surface area contributed by atoms with E-state index in [0.29, 0.717) is 32.6 Å². The summed E-state index contributed by atoms with van der Waals surface area (Å²) in [4.78, 5) is 33.1. The summed E-state index contributed by atoms with van der Waals surface area (Å²) in [6, 6.07) is 12.9. The van der Waals surface area contributed by atoms with Crippen LogP contribution >= 0.6 is 11.3 Å². The fourth-order valence-electron chi connectivity index (χ4n) is 3.96. The number of benzene rings is 2. The molecular formula is C24H25F3N4O2S. The molecule has 2 amide bonds. The van der Waals surface area contributed by atoms with Gasteiger partial charge < -0.3 is 10.2 Å². The summed E-state index contributed by atoms with van der Waals surface area (Å²) >= 11 is 1.65. The fourth-order valence-corrected chi connectivity index (χ4v) is 4.97. The summed E-state index contributed by atoms with van der Waals surface area (Å²) in [5, 5.41) is 3.39. The Morgan fingerprint density at radius 2 is 1.71 bits per heavy atom. The molecule has 0 atom stereocenters. The number of alkyl halides is 3. The Morgan fingerprint density at radius 3 is 2.44 bits per heavy atom. The summed E-state index contributed by atoms with van der Waals surface area (Å²) in [5.41, 5.74) is -0.137. The molecular weight excluding hydrogens is 465 g/mol. The predicted octanol–water partition coefficient (Wildman–Crippen LogP) is 4.42. The lowest BCUT2D eigenvalue weighted by Gasteiger charge is -2.34. The lowest BCUT2D eigenvalue weighted by Crippen LogP contribution is -2.50. The van der Waals surface area contributed by atoms with Gasteiger partial charge in [0.05, 0.1) is 33.0 Å². The first-order valence-corrected chi connectivity index (χ1v) is 11.9. The monoisotopic (exact) mass is 490 g/mol. The quantitative estimate of drug-likeness (QED) is 0.533. The topological polar surface area (TPSA) is 65.5 Å². The number of piperazine rings is 1. The van der Waals surface area contributed by atoms with Crippen molar-refractivity contribution in [3.8, 4) is 0 Å². The number of carbonyl (C=O) groups is 2. The number of amides is 2. The third-order valence-corrected chi connectivity index (χ3v) is 6.81. The van der Waals surface area contributed by atoms with Crippen LogP contribution in [0.5, 0.6) is 0 Å². The van der Waals surface area contributed by atoms with Crippen molar-refractivity contribution in [2.24, 2.45) is 0 Å². The summed E-state index contributed by atoms with van der Waals surface area (Å²) in [6.45, 7) is 1.96. The van der Waals surface area contributed by atoms with Gasteiger partial charge in [0.1, 0.15) is 0 Å². The number of carbonyl (C=O) groups excluding carboxylic acids is 2. The highest BCUT2D eigenvalue weighted by molar-refractivity contribution is 7.18. The summed E-state index contributed by atoms with van der Waals surface area (Å²) < 4.78 is 40.5. The van der Waals surface area contributed by atoms with Crippen molar-refractivity contribution in [3.63, 3.8) is 0 Å². The molecule has 34 heavy (non-hydrogen) atoms. The third-order valence-electron chi connectivity index (χ3n) is 5.72. The summed E-state index contributed by atoms with van der Waals surface area (Å²) in [5.74, 6) is -0.434. The minimum Gasteiger partial charge on any atom is -0.340 e. The fraction of sp³-hybridized carbons (Fsp3) is 0.375. The van der Waals surface area contributed by atoms with Crippen LogP contribution in [0.25, 0.3) is 10.2 Å². The third kappa shape index (κ3) is 6.12. The molecule has 4 rings (SSSR count). The molecule has 0 saturated carbocycles. The van der Waals surface area contributed by atoms with Crippen LogP contribution in [0.4, 0.5) is 18.9 Å². The number of anilines is 1. The van der Waals surface area contributed by atoms with Crippen molar-refractivity contribution in [3.05, 3.63) is 59.1 Å². The van der Waals surface area contributed by atoms with E-state index in [1.165, 1.54) is 18.2 Å². The Hall–Kier alpha value is -2.98. The Labute approximate surface area is 199 Å². The minimum atomic E-state index is -4.54. The van der Waals surface area contributed by atoms with E-state index in [-0.39, 0.29) is 18.1 Å². The van der Waals surface area contributed by atoms with Crippen molar-refractivity contribution >= 4 is 39.1 Å². The highest BCUT2D eigenvalue weighted by Gasteiger charge is 2.33. The van der Waals surface area contributed by atoms with Crippen LogP contribution in [0.3, 0.4) is 0 Å². The van der Waals surface area contributed by atoms with Crippen LogP contribution in [0.1, 0.15) is 23.4 Å². The Kier molecular flexibility index (Phi) is 7.47. The maximum absolute atomic E-state index is 13.1. The highest BCUT2D eigenvalue weighted by Crippen LogP contribution is 2.34. The normalized spacial score (nSPS) is 15.0. The first kappa shape index (κ1) is 24.2. The molecule has 1 fully saturated rings. The molecule has 1 aromatic heterocycles. The second-order valence-electron chi connectivity index (χ2n) is 8.18. The first-order chi connectivity index (χ1) is 16.3. The van der Waals surface area contributed by atoms with E-state index in [1.54, 1.807) is 16.2 Å². The van der Waals surface area contributed by atoms with Crippen LogP contribution in [0.15, 0.2) is 48.5 Å². The van der Waals surface area contributed by atoms with Gasteiger partial charge in [0, 0.05) is 32.6 Å². The van der Waals surface area contributed by atoms with Crippen LogP contribution in [0.2, 0.25) is 0 Å². The molecule has 10 heteroatoms. The van der Waals surface area contributed by atoms with E-state index in [4.69, 9.17) is 0 Å². The molecule has 1 aliphatic heterocycles. The average Bonchev–Trinajstić information content (AvgIpc) is 3.22. The Morgan fingerprint density at radius 1 is 1.00 bits per heavy atom. The Balaban J connectivity index is 1.19. The SMILES string of the molecule is O=C(CN1CCN(C(=O)CCCc2nc3ccccc3s2)CC1)Nc1ccccc1C(F)(F)F. The molecule has 1 saturated heterocycles. The molecule has 0 bridgehead atoms. The highest BCUT2D eigenvalue weighted by atomic mass is 32.1. The number of aryl methyl sites for hydroxylation is 1. The number of para-hydroxylation sites is 2. The first-order valence-electron chi connectivity index (χ1n) is 11.1. The molecule has 0 aliphatic carbocycles. The van der Waals surface area contributed by atoms with Gasteiger partial charge in [0.2, 0.25) is 11.8 Å². The van der Waals surface area contributed by atoms with Crippen LogP contribution < -0.4 is 5.32 Å². The zero-order chi connectivity index (χ0) is 24.1. The number of nitrogens with zero attached hydrogens (tertiary/aromatic N) is 3. The van der Waals surface area contributed by atoms with Crippen molar-refractivity contribution in [2.75, 3.05) is 38.0 Å². The van der Waals surface area contributed by atoms with Gasteiger partial charge in [-0.15, -0.1) is 11.3 Å². The van der Waals surface area contributed by atoms with E-state index >= 15 is 0 Å². The van der Waals surface area contributed by atoms with Crippen LogP contribution in [-0.4, -0.2) is 59.3 Å². The minimum absolute atomic E-state index is 0.0220. The van der Waals surface area contributed by atoms with Gasteiger partial charge in [-0.25, -0.2) is 4.98 Å². The zero-order valence-electron chi connectivity index (χ0n) is 18.5. The molecule has 6 nitrogen and oxygen atoms in total. The maximum atomic E-state index is 13.1. The van der Waals surface area contributed by atoms with Crippen molar-refractivity contribution < 1.29 is 22.8 Å². The van der Waals surface area contributed by atoms with E-state index in [2.05, 4.69) is 10.3 Å². The van der Waals surface area contributed by atoms with Crippen molar-refractivity contribution in [1.82, 2.24) is 14.8 Å². The number of aromatic nitrogens is 1. The number of hydrogen-bond acceptors (Lipinski definition) is 5. The summed E-state index contributed by atoms with van der Waals surface area (Å²) in [6.07, 6.45) is -2.63. The number of fused-ring (bicyclic) bond motifs is 1. The predicted molar refractivity (Wildman–Crippen MR) is 126 cm³/mol. The second kappa shape index (κ2) is 10.5. The van der Waals surface area contributed by atoms with Gasteiger partial charge in [0.25, 0.3) is 0 Å².